The number of sulfone groups is 1. The van der Waals surface area contributed by atoms with Gasteiger partial charge in [0.15, 0.2) is 9.84 Å². The molecule has 0 saturated heterocycles. The van der Waals surface area contributed by atoms with Crippen LogP contribution in [0, 0.1) is 0 Å². The summed E-state index contributed by atoms with van der Waals surface area (Å²) in [6.07, 6.45) is 1.13. The van der Waals surface area contributed by atoms with Gasteiger partial charge in [-0.05, 0) is 36.4 Å². The zero-order valence-electron chi connectivity index (χ0n) is 11.8. The molecule has 0 fully saturated rings. The van der Waals surface area contributed by atoms with Crippen molar-refractivity contribution in [3.63, 3.8) is 0 Å². The molecular weight excluding hydrogens is 288 g/mol. The van der Waals surface area contributed by atoms with Crippen molar-refractivity contribution in [1.82, 2.24) is 5.43 Å². The van der Waals surface area contributed by atoms with Crippen LogP contribution in [0.5, 0.6) is 0 Å². The number of rotatable bonds is 4. The van der Waals surface area contributed by atoms with Crippen LogP contribution in [0.25, 0.3) is 0 Å². The molecule has 1 amide bonds. The van der Waals surface area contributed by atoms with E-state index in [9.17, 15) is 13.2 Å². The molecule has 0 aliphatic heterocycles. The van der Waals surface area contributed by atoms with Gasteiger partial charge in [-0.1, -0.05) is 18.2 Å². The van der Waals surface area contributed by atoms with Crippen molar-refractivity contribution in [2.45, 2.75) is 4.90 Å². The molecule has 2 aromatic carbocycles. The van der Waals surface area contributed by atoms with Crippen LogP contribution >= 0.6 is 0 Å². The molecule has 0 radical (unpaired) electrons. The van der Waals surface area contributed by atoms with Crippen LogP contribution in [-0.4, -0.2) is 27.6 Å². The second kappa shape index (κ2) is 5.97. The lowest BCUT2D eigenvalue weighted by molar-refractivity contribution is 0.0951. The molecule has 21 heavy (non-hydrogen) atoms. The van der Waals surface area contributed by atoms with Gasteiger partial charge in [0.05, 0.1) is 10.6 Å². The van der Waals surface area contributed by atoms with E-state index in [4.69, 9.17) is 0 Å². The average molecular weight is 304 g/mol. The van der Waals surface area contributed by atoms with Crippen LogP contribution in [0.15, 0.2) is 59.5 Å². The second-order valence-electron chi connectivity index (χ2n) is 4.63. The average Bonchev–Trinajstić information content (AvgIpc) is 2.47. The fourth-order valence-electron chi connectivity index (χ4n) is 1.79. The Labute approximate surface area is 124 Å². The van der Waals surface area contributed by atoms with Crippen molar-refractivity contribution >= 4 is 21.4 Å². The number of carbonyl (C=O) groups excluding carboxylic acids is 1. The van der Waals surface area contributed by atoms with Gasteiger partial charge in [-0.25, -0.2) is 8.42 Å². The van der Waals surface area contributed by atoms with Gasteiger partial charge in [-0.3, -0.25) is 15.2 Å². The Morgan fingerprint density at radius 3 is 2.10 bits per heavy atom. The van der Waals surface area contributed by atoms with Gasteiger partial charge in [0.25, 0.3) is 5.91 Å². The fraction of sp³-hybridized carbons (Fsp3) is 0.133. The molecule has 0 unspecified atom stereocenters. The third-order valence-corrected chi connectivity index (χ3v) is 4.09. The standard InChI is InChI=1S/C15H16N2O3S/c1-17(13-6-4-3-5-7-13)16-15(18)12-8-10-14(11-9-12)21(2,19)20/h3-11H,1-2H3,(H,16,18). The number of benzene rings is 2. The molecule has 0 aliphatic carbocycles. The summed E-state index contributed by atoms with van der Waals surface area (Å²) in [7, 11) is -1.52. The molecule has 0 saturated carbocycles. The highest BCUT2D eigenvalue weighted by atomic mass is 32.2. The van der Waals surface area contributed by atoms with Crippen LogP contribution in [-0.2, 0) is 9.84 Å². The fourth-order valence-corrected chi connectivity index (χ4v) is 2.42. The molecule has 0 aliphatic rings. The smallest absolute Gasteiger partial charge is 0.269 e. The van der Waals surface area contributed by atoms with Crippen LogP contribution in [0.2, 0.25) is 0 Å². The Morgan fingerprint density at radius 1 is 1.00 bits per heavy atom. The predicted octanol–water partition coefficient (Wildman–Crippen LogP) is 1.87. The molecule has 0 aromatic heterocycles. The van der Waals surface area contributed by atoms with Gasteiger partial charge in [0.1, 0.15) is 0 Å². The number of hydrogen-bond acceptors (Lipinski definition) is 4. The van der Waals surface area contributed by atoms with Crippen LogP contribution in [0.3, 0.4) is 0 Å². The van der Waals surface area contributed by atoms with E-state index in [1.807, 2.05) is 30.3 Å². The predicted molar refractivity (Wildman–Crippen MR) is 81.9 cm³/mol. The summed E-state index contributed by atoms with van der Waals surface area (Å²) in [5.74, 6) is -0.304. The minimum absolute atomic E-state index is 0.190. The number of carbonyl (C=O) groups is 1. The summed E-state index contributed by atoms with van der Waals surface area (Å²) in [6.45, 7) is 0. The lowest BCUT2D eigenvalue weighted by atomic mass is 10.2. The van der Waals surface area contributed by atoms with Crippen molar-refractivity contribution in [1.29, 1.82) is 0 Å². The van der Waals surface area contributed by atoms with Gasteiger partial charge in [0.2, 0.25) is 0 Å². The number of hydrazine groups is 1. The molecule has 2 aromatic rings. The van der Waals surface area contributed by atoms with Gasteiger partial charge in [-0.15, -0.1) is 0 Å². The third kappa shape index (κ3) is 3.82. The highest BCUT2D eigenvalue weighted by Crippen LogP contribution is 2.12. The molecule has 0 bridgehead atoms. The van der Waals surface area contributed by atoms with Crippen molar-refractivity contribution in [2.24, 2.45) is 0 Å². The summed E-state index contributed by atoms with van der Waals surface area (Å²) in [5, 5.41) is 1.60. The molecule has 1 N–H and O–H groups in total. The number of para-hydroxylation sites is 1. The monoisotopic (exact) mass is 304 g/mol. The summed E-state index contributed by atoms with van der Waals surface area (Å²) in [5.41, 5.74) is 3.96. The van der Waals surface area contributed by atoms with E-state index in [-0.39, 0.29) is 10.8 Å². The van der Waals surface area contributed by atoms with E-state index in [1.165, 1.54) is 24.3 Å². The van der Waals surface area contributed by atoms with Crippen LogP contribution < -0.4 is 10.4 Å². The number of hydrogen-bond donors (Lipinski definition) is 1. The van der Waals surface area contributed by atoms with E-state index >= 15 is 0 Å². The number of nitrogens with zero attached hydrogens (tertiary/aromatic N) is 1. The van der Waals surface area contributed by atoms with Gasteiger partial charge in [0, 0.05) is 18.9 Å². The largest absolute Gasteiger partial charge is 0.288 e. The third-order valence-electron chi connectivity index (χ3n) is 2.96. The molecule has 110 valence electrons. The van der Waals surface area contributed by atoms with Crippen molar-refractivity contribution in [2.75, 3.05) is 18.3 Å². The first-order valence-electron chi connectivity index (χ1n) is 6.28. The zero-order chi connectivity index (χ0) is 15.5. The van der Waals surface area contributed by atoms with E-state index in [2.05, 4.69) is 5.43 Å². The number of nitrogens with one attached hydrogen (secondary N) is 1. The Bertz CT molecular complexity index is 725. The maximum atomic E-state index is 12.1. The first-order valence-corrected chi connectivity index (χ1v) is 8.17. The zero-order valence-corrected chi connectivity index (χ0v) is 12.6. The summed E-state index contributed by atoms with van der Waals surface area (Å²) >= 11 is 0. The number of anilines is 1. The van der Waals surface area contributed by atoms with Crippen molar-refractivity contribution in [3.8, 4) is 0 Å². The lowest BCUT2D eigenvalue weighted by Gasteiger charge is -2.20. The summed E-state index contributed by atoms with van der Waals surface area (Å²) < 4.78 is 22.7. The van der Waals surface area contributed by atoms with E-state index < -0.39 is 9.84 Å². The molecule has 0 atom stereocenters. The van der Waals surface area contributed by atoms with Gasteiger partial charge >= 0.3 is 0 Å². The Kier molecular flexibility index (Phi) is 4.28. The highest BCUT2D eigenvalue weighted by Gasteiger charge is 2.11. The first-order chi connectivity index (χ1) is 9.88. The Balaban J connectivity index is 2.11. The minimum atomic E-state index is -3.25. The van der Waals surface area contributed by atoms with Gasteiger partial charge < -0.3 is 0 Å². The quantitative estimate of drug-likeness (QED) is 0.876. The molecule has 0 heterocycles. The topological polar surface area (TPSA) is 66.5 Å². The van der Waals surface area contributed by atoms with Crippen molar-refractivity contribution in [3.05, 3.63) is 60.2 Å². The maximum Gasteiger partial charge on any atom is 0.269 e. The Hall–Kier alpha value is -2.34. The second-order valence-corrected chi connectivity index (χ2v) is 6.65. The SMILES string of the molecule is CN(NC(=O)c1ccc(S(C)(=O)=O)cc1)c1ccccc1. The number of amides is 1. The summed E-state index contributed by atoms with van der Waals surface area (Å²) in [4.78, 5) is 12.3. The maximum absolute atomic E-state index is 12.1. The normalized spacial score (nSPS) is 11.0. The Morgan fingerprint density at radius 2 is 1.57 bits per heavy atom. The van der Waals surface area contributed by atoms with E-state index in [0.29, 0.717) is 5.56 Å². The molecule has 0 spiro atoms. The minimum Gasteiger partial charge on any atom is -0.288 e. The summed E-state index contributed by atoms with van der Waals surface area (Å²) in [6, 6.07) is 15.2. The molecular formula is C15H16N2O3S. The van der Waals surface area contributed by atoms with Crippen LogP contribution in [0.1, 0.15) is 10.4 Å². The highest BCUT2D eigenvalue weighted by molar-refractivity contribution is 7.90. The van der Waals surface area contributed by atoms with Crippen molar-refractivity contribution < 1.29 is 13.2 Å². The van der Waals surface area contributed by atoms with E-state index in [1.54, 1.807) is 12.1 Å². The molecule has 6 heteroatoms. The molecule has 5 nitrogen and oxygen atoms in total. The first kappa shape index (κ1) is 15.1. The van der Waals surface area contributed by atoms with Gasteiger partial charge in [-0.2, -0.15) is 0 Å². The van der Waals surface area contributed by atoms with E-state index in [0.717, 1.165) is 11.9 Å². The van der Waals surface area contributed by atoms with Crippen LogP contribution in [0.4, 0.5) is 5.69 Å². The lowest BCUT2D eigenvalue weighted by Crippen LogP contribution is -2.39. The molecule has 2 rings (SSSR count).